The minimum absolute atomic E-state index is 0.0410. The number of pyridine rings is 1. The van der Waals surface area contributed by atoms with E-state index in [-0.39, 0.29) is 11.6 Å². The Morgan fingerprint density at radius 2 is 1.86 bits per heavy atom. The Morgan fingerprint density at radius 1 is 1.07 bits per heavy atom. The van der Waals surface area contributed by atoms with E-state index in [0.29, 0.717) is 18.0 Å². The fourth-order valence-electron chi connectivity index (χ4n) is 3.63. The normalized spacial score (nSPS) is 16.0. The molecule has 1 amide bonds. The molecule has 0 bridgehead atoms. The highest BCUT2D eigenvalue weighted by Gasteiger charge is 2.25. The summed E-state index contributed by atoms with van der Waals surface area (Å²) in [6, 6.07) is 10.4. The number of carbonyl (C=O) groups excluding carboxylic acids is 1. The minimum atomic E-state index is -0.445. The van der Waals surface area contributed by atoms with E-state index >= 15 is 0 Å². The molecular formula is C21H23N3O4. The molecule has 1 fully saturated rings. The van der Waals surface area contributed by atoms with E-state index in [1.54, 1.807) is 24.5 Å². The van der Waals surface area contributed by atoms with Gasteiger partial charge < -0.3 is 19.1 Å². The third-order valence-electron chi connectivity index (χ3n) is 5.10. The first-order valence-corrected chi connectivity index (χ1v) is 9.55. The van der Waals surface area contributed by atoms with Gasteiger partial charge in [-0.25, -0.2) is 0 Å². The van der Waals surface area contributed by atoms with Gasteiger partial charge in [-0.2, -0.15) is 0 Å². The van der Waals surface area contributed by atoms with Crippen molar-refractivity contribution in [3.8, 4) is 11.5 Å². The van der Waals surface area contributed by atoms with Gasteiger partial charge in [-0.1, -0.05) is 6.42 Å². The summed E-state index contributed by atoms with van der Waals surface area (Å²) < 4.78 is 10.9. The Balaban J connectivity index is 1.47. The third kappa shape index (κ3) is 3.94. The maximum atomic E-state index is 12.6. The van der Waals surface area contributed by atoms with Gasteiger partial charge in [-0.15, -0.1) is 0 Å². The molecule has 28 heavy (non-hydrogen) atoms. The smallest absolute Gasteiger partial charge is 0.261 e. The van der Waals surface area contributed by atoms with Crippen LogP contribution in [0.1, 0.15) is 41.4 Å². The van der Waals surface area contributed by atoms with Crippen molar-refractivity contribution in [2.75, 3.05) is 19.6 Å². The average Bonchev–Trinajstić information content (AvgIpc) is 3.43. The number of aromatic amines is 1. The lowest BCUT2D eigenvalue weighted by Crippen LogP contribution is -2.41. The van der Waals surface area contributed by atoms with Crippen LogP contribution < -0.4 is 10.9 Å². The van der Waals surface area contributed by atoms with E-state index in [0.717, 1.165) is 31.7 Å². The maximum absolute atomic E-state index is 12.6. The van der Waals surface area contributed by atoms with Crippen LogP contribution in [0, 0.1) is 0 Å². The molecule has 0 aromatic carbocycles. The van der Waals surface area contributed by atoms with Gasteiger partial charge in [0.05, 0.1) is 24.3 Å². The Kier molecular flexibility index (Phi) is 5.43. The fourth-order valence-corrected chi connectivity index (χ4v) is 3.63. The molecule has 2 N–H and O–H groups in total. The first kappa shape index (κ1) is 18.3. The minimum Gasteiger partial charge on any atom is -0.468 e. The van der Waals surface area contributed by atoms with Crippen LogP contribution in [-0.2, 0) is 0 Å². The molecule has 1 unspecified atom stereocenters. The van der Waals surface area contributed by atoms with Crippen LogP contribution in [0.25, 0.3) is 11.5 Å². The highest BCUT2D eigenvalue weighted by atomic mass is 16.3. The van der Waals surface area contributed by atoms with Crippen molar-refractivity contribution in [1.29, 1.82) is 0 Å². The number of furan rings is 2. The van der Waals surface area contributed by atoms with Gasteiger partial charge in [0, 0.05) is 6.54 Å². The van der Waals surface area contributed by atoms with E-state index < -0.39 is 11.5 Å². The Morgan fingerprint density at radius 3 is 2.54 bits per heavy atom. The zero-order chi connectivity index (χ0) is 19.3. The average molecular weight is 381 g/mol. The number of nitrogens with zero attached hydrogens (tertiary/aromatic N) is 1. The lowest BCUT2D eigenvalue weighted by atomic mass is 10.1. The summed E-state index contributed by atoms with van der Waals surface area (Å²) in [6.07, 6.45) is 6.68. The number of carbonyl (C=O) groups is 1. The molecule has 3 aromatic rings. The van der Waals surface area contributed by atoms with Crippen molar-refractivity contribution in [3.05, 3.63) is 70.6 Å². The van der Waals surface area contributed by atoms with Crippen LogP contribution in [0.2, 0.25) is 0 Å². The Hall–Kier alpha value is -3.06. The van der Waals surface area contributed by atoms with Crippen molar-refractivity contribution in [1.82, 2.24) is 15.2 Å². The van der Waals surface area contributed by atoms with Crippen LogP contribution in [0.4, 0.5) is 0 Å². The molecule has 4 rings (SSSR count). The fraction of sp³-hybridized carbons (Fsp3) is 0.333. The molecule has 1 atom stereocenters. The molecule has 4 heterocycles. The number of amides is 1. The summed E-state index contributed by atoms with van der Waals surface area (Å²) in [4.78, 5) is 30.0. The number of aromatic nitrogens is 1. The number of hydrogen-bond donors (Lipinski definition) is 2. The second-order valence-corrected chi connectivity index (χ2v) is 6.93. The predicted molar refractivity (Wildman–Crippen MR) is 104 cm³/mol. The van der Waals surface area contributed by atoms with Crippen LogP contribution in [-0.4, -0.2) is 35.4 Å². The number of likely N-dealkylation sites (tertiary alicyclic amines) is 1. The molecule has 7 heteroatoms. The van der Waals surface area contributed by atoms with Crippen molar-refractivity contribution in [2.45, 2.75) is 25.3 Å². The largest absolute Gasteiger partial charge is 0.468 e. The molecule has 0 radical (unpaired) electrons. The number of H-pyrrole nitrogens is 1. The quantitative estimate of drug-likeness (QED) is 0.684. The number of nitrogens with one attached hydrogen (secondary N) is 2. The Bertz CT molecular complexity index is 954. The highest BCUT2D eigenvalue weighted by molar-refractivity contribution is 5.94. The van der Waals surface area contributed by atoms with Gasteiger partial charge in [-0.05, 0) is 62.3 Å². The van der Waals surface area contributed by atoms with Gasteiger partial charge >= 0.3 is 0 Å². The summed E-state index contributed by atoms with van der Waals surface area (Å²) in [5.74, 6) is 0.970. The molecule has 1 saturated heterocycles. The topological polar surface area (TPSA) is 91.5 Å². The van der Waals surface area contributed by atoms with E-state index in [2.05, 4.69) is 15.2 Å². The first-order chi connectivity index (χ1) is 13.7. The van der Waals surface area contributed by atoms with Crippen LogP contribution in [0.15, 0.2) is 62.6 Å². The van der Waals surface area contributed by atoms with Crippen molar-refractivity contribution in [2.24, 2.45) is 0 Å². The van der Waals surface area contributed by atoms with Gasteiger partial charge in [0.15, 0.2) is 0 Å². The molecule has 1 aliphatic rings. The van der Waals surface area contributed by atoms with E-state index in [4.69, 9.17) is 8.83 Å². The third-order valence-corrected chi connectivity index (χ3v) is 5.10. The lowest BCUT2D eigenvalue weighted by molar-refractivity contribution is 0.0912. The zero-order valence-electron chi connectivity index (χ0n) is 15.5. The maximum Gasteiger partial charge on any atom is 0.261 e. The summed E-state index contributed by atoms with van der Waals surface area (Å²) in [6.45, 7) is 2.32. The monoisotopic (exact) mass is 381 g/mol. The first-order valence-electron chi connectivity index (χ1n) is 9.55. The van der Waals surface area contributed by atoms with Crippen LogP contribution in [0.3, 0.4) is 0 Å². The van der Waals surface area contributed by atoms with Crippen molar-refractivity contribution in [3.63, 3.8) is 0 Å². The van der Waals surface area contributed by atoms with Crippen LogP contribution in [0.5, 0.6) is 0 Å². The summed E-state index contributed by atoms with van der Waals surface area (Å²) in [5, 5.41) is 2.90. The lowest BCUT2D eigenvalue weighted by Gasteiger charge is -2.33. The summed E-state index contributed by atoms with van der Waals surface area (Å²) in [7, 11) is 0. The summed E-state index contributed by atoms with van der Waals surface area (Å²) >= 11 is 0. The number of piperidine rings is 1. The second-order valence-electron chi connectivity index (χ2n) is 6.93. The molecule has 146 valence electrons. The number of rotatable bonds is 6. The van der Waals surface area contributed by atoms with Crippen molar-refractivity contribution < 1.29 is 13.6 Å². The molecule has 1 aliphatic heterocycles. The van der Waals surface area contributed by atoms with Gasteiger partial charge in [0.1, 0.15) is 17.1 Å². The van der Waals surface area contributed by atoms with Gasteiger partial charge in [0.25, 0.3) is 11.5 Å². The molecule has 0 saturated carbocycles. The van der Waals surface area contributed by atoms with Crippen molar-refractivity contribution >= 4 is 5.91 Å². The van der Waals surface area contributed by atoms with Gasteiger partial charge in [-0.3, -0.25) is 14.5 Å². The van der Waals surface area contributed by atoms with E-state index in [9.17, 15) is 9.59 Å². The number of hydrogen-bond acceptors (Lipinski definition) is 5. The van der Waals surface area contributed by atoms with Gasteiger partial charge in [0.2, 0.25) is 0 Å². The van der Waals surface area contributed by atoms with Crippen LogP contribution >= 0.6 is 0 Å². The molecule has 0 spiro atoms. The zero-order valence-corrected chi connectivity index (χ0v) is 15.5. The predicted octanol–water partition coefficient (Wildman–Crippen LogP) is 3.18. The van der Waals surface area contributed by atoms with E-state index in [1.165, 1.54) is 18.8 Å². The second kappa shape index (κ2) is 8.31. The standard InChI is InChI=1S/C21H23N3O4/c25-20(15-8-9-16(23-21(15)26)18-6-4-12-27-18)22-14-17(19-7-5-13-28-19)24-10-2-1-3-11-24/h4-9,12-13,17H,1-3,10-11,14H2,(H,22,25)(H,23,26). The summed E-state index contributed by atoms with van der Waals surface area (Å²) in [5.41, 5.74) is 0.166. The molecular weight excluding hydrogens is 358 g/mol. The Labute approximate surface area is 162 Å². The molecule has 7 nitrogen and oxygen atoms in total. The molecule has 3 aromatic heterocycles. The van der Waals surface area contributed by atoms with E-state index in [1.807, 2.05) is 12.1 Å². The SMILES string of the molecule is O=C(NCC(c1ccco1)N1CCCCC1)c1ccc(-c2ccco2)[nH]c1=O. The molecule has 0 aliphatic carbocycles. The highest BCUT2D eigenvalue weighted by Crippen LogP contribution is 2.24.